The summed E-state index contributed by atoms with van der Waals surface area (Å²) in [5, 5.41) is 8.75. The second-order valence-electron chi connectivity index (χ2n) is 3.34. The fraction of sp³-hybridized carbons (Fsp3) is 0.500. The van der Waals surface area contributed by atoms with E-state index < -0.39 is 11.5 Å². The number of aromatic nitrogens is 2. The fourth-order valence-corrected chi connectivity index (χ4v) is 1.35. The average molecular weight is 225 g/mol. The smallest absolute Gasteiger partial charge is 0.354 e. The lowest BCUT2D eigenvalue weighted by molar-refractivity contribution is 0.0689. The van der Waals surface area contributed by atoms with Crippen LogP contribution in [0, 0.1) is 0 Å². The number of rotatable bonds is 5. The van der Waals surface area contributed by atoms with Gasteiger partial charge in [0.25, 0.3) is 5.56 Å². The van der Waals surface area contributed by atoms with Crippen LogP contribution in [0.4, 0.5) is 0 Å². The minimum atomic E-state index is -1.19. The van der Waals surface area contributed by atoms with E-state index in [-0.39, 0.29) is 5.69 Å². The van der Waals surface area contributed by atoms with E-state index in [1.165, 1.54) is 0 Å². The van der Waals surface area contributed by atoms with Crippen molar-refractivity contribution in [3.63, 3.8) is 0 Å². The molecule has 1 aromatic heterocycles. The van der Waals surface area contributed by atoms with Crippen molar-refractivity contribution in [3.8, 4) is 0 Å². The summed E-state index contributed by atoms with van der Waals surface area (Å²) in [6, 6.07) is 0.980. The number of nitrogens with one attached hydrogen (secondary N) is 1. The lowest BCUT2D eigenvalue weighted by Gasteiger charge is -2.16. The van der Waals surface area contributed by atoms with Crippen LogP contribution in [-0.4, -0.2) is 39.0 Å². The van der Waals surface area contributed by atoms with Crippen LogP contribution >= 0.6 is 0 Å². The van der Waals surface area contributed by atoms with Crippen molar-refractivity contribution in [2.45, 2.75) is 20.4 Å². The maximum atomic E-state index is 11.2. The van der Waals surface area contributed by atoms with Crippen molar-refractivity contribution >= 4 is 5.97 Å². The molecular weight excluding hydrogens is 210 g/mol. The number of H-pyrrole nitrogens is 1. The summed E-state index contributed by atoms with van der Waals surface area (Å²) in [6.07, 6.45) is 0. The van der Waals surface area contributed by atoms with Crippen LogP contribution in [-0.2, 0) is 6.54 Å². The predicted molar refractivity (Wildman–Crippen MR) is 58.4 cm³/mol. The number of aromatic amines is 1. The van der Waals surface area contributed by atoms with E-state index in [2.05, 4.69) is 9.97 Å². The van der Waals surface area contributed by atoms with Crippen molar-refractivity contribution in [3.05, 3.63) is 27.9 Å². The normalized spacial score (nSPS) is 10.7. The van der Waals surface area contributed by atoms with Crippen LogP contribution in [0.15, 0.2) is 10.9 Å². The Bertz CT molecular complexity index is 424. The molecule has 0 saturated heterocycles. The topological polar surface area (TPSA) is 86.3 Å². The number of carbonyl (C=O) groups is 1. The molecule has 0 radical (unpaired) electrons. The molecule has 6 heteroatoms. The molecule has 16 heavy (non-hydrogen) atoms. The highest BCUT2D eigenvalue weighted by molar-refractivity contribution is 5.85. The third kappa shape index (κ3) is 3.16. The number of nitrogens with zero attached hydrogens (tertiary/aromatic N) is 2. The van der Waals surface area contributed by atoms with E-state index in [0.717, 1.165) is 19.2 Å². The number of hydrogen-bond donors (Lipinski definition) is 2. The second-order valence-corrected chi connectivity index (χ2v) is 3.34. The van der Waals surface area contributed by atoms with Crippen LogP contribution in [0.2, 0.25) is 0 Å². The summed E-state index contributed by atoms with van der Waals surface area (Å²) in [5.41, 5.74) is -0.652. The summed E-state index contributed by atoms with van der Waals surface area (Å²) in [5.74, 6) is -0.805. The van der Waals surface area contributed by atoms with Gasteiger partial charge in [-0.15, -0.1) is 0 Å². The predicted octanol–water partition coefficient (Wildman–Crippen LogP) is 0.310. The first kappa shape index (κ1) is 12.4. The zero-order chi connectivity index (χ0) is 12.1. The first-order valence-corrected chi connectivity index (χ1v) is 5.12. The molecule has 0 saturated carbocycles. The van der Waals surface area contributed by atoms with Crippen LogP contribution in [0.25, 0.3) is 0 Å². The third-order valence-electron chi connectivity index (χ3n) is 2.28. The molecule has 0 amide bonds. The molecule has 1 aromatic rings. The van der Waals surface area contributed by atoms with Gasteiger partial charge in [0.2, 0.25) is 0 Å². The highest BCUT2D eigenvalue weighted by Gasteiger charge is 2.09. The number of aromatic carboxylic acids is 1. The summed E-state index contributed by atoms with van der Waals surface area (Å²) in [7, 11) is 0. The van der Waals surface area contributed by atoms with Crippen LogP contribution in [0.5, 0.6) is 0 Å². The first-order valence-electron chi connectivity index (χ1n) is 5.12. The van der Waals surface area contributed by atoms with Crippen molar-refractivity contribution in [2.75, 3.05) is 13.1 Å². The Hall–Kier alpha value is -1.69. The molecule has 0 aliphatic heterocycles. The molecule has 0 fully saturated rings. The van der Waals surface area contributed by atoms with E-state index in [4.69, 9.17) is 5.11 Å². The van der Waals surface area contributed by atoms with Gasteiger partial charge in [-0.2, -0.15) is 0 Å². The largest absolute Gasteiger partial charge is 0.477 e. The third-order valence-corrected chi connectivity index (χ3v) is 2.28. The van der Waals surface area contributed by atoms with Crippen LogP contribution in [0.1, 0.15) is 30.2 Å². The van der Waals surface area contributed by atoms with E-state index >= 15 is 0 Å². The Morgan fingerprint density at radius 2 is 2.12 bits per heavy atom. The number of carboxylic acid groups (broad SMARTS) is 1. The Morgan fingerprint density at radius 1 is 1.50 bits per heavy atom. The van der Waals surface area contributed by atoms with E-state index in [0.29, 0.717) is 12.4 Å². The number of hydrogen-bond acceptors (Lipinski definition) is 4. The number of carboxylic acids is 1. The molecule has 0 aliphatic rings. The van der Waals surface area contributed by atoms with E-state index in [9.17, 15) is 9.59 Å². The minimum Gasteiger partial charge on any atom is -0.477 e. The molecule has 2 N–H and O–H groups in total. The van der Waals surface area contributed by atoms with Gasteiger partial charge in [0, 0.05) is 6.07 Å². The molecular formula is C10H15N3O3. The van der Waals surface area contributed by atoms with E-state index in [1.807, 2.05) is 18.7 Å². The van der Waals surface area contributed by atoms with Gasteiger partial charge in [-0.1, -0.05) is 13.8 Å². The molecule has 6 nitrogen and oxygen atoms in total. The van der Waals surface area contributed by atoms with Gasteiger partial charge >= 0.3 is 5.97 Å². The van der Waals surface area contributed by atoms with Crippen molar-refractivity contribution in [1.82, 2.24) is 14.9 Å². The van der Waals surface area contributed by atoms with Crippen molar-refractivity contribution in [2.24, 2.45) is 0 Å². The molecule has 0 bridgehead atoms. The molecule has 1 rings (SSSR count). The second kappa shape index (κ2) is 5.41. The molecule has 0 spiro atoms. The van der Waals surface area contributed by atoms with Crippen LogP contribution < -0.4 is 5.56 Å². The van der Waals surface area contributed by atoms with Crippen molar-refractivity contribution in [1.29, 1.82) is 0 Å². The van der Waals surface area contributed by atoms with Gasteiger partial charge in [0.05, 0.1) is 6.54 Å². The fourth-order valence-electron chi connectivity index (χ4n) is 1.35. The molecule has 0 atom stereocenters. The summed E-state index contributed by atoms with van der Waals surface area (Å²) >= 11 is 0. The van der Waals surface area contributed by atoms with Crippen molar-refractivity contribution < 1.29 is 9.90 Å². The summed E-state index contributed by atoms with van der Waals surface area (Å²) in [4.78, 5) is 30.3. The minimum absolute atomic E-state index is 0.217. The maximum absolute atomic E-state index is 11.2. The van der Waals surface area contributed by atoms with Gasteiger partial charge in [-0.3, -0.25) is 9.69 Å². The van der Waals surface area contributed by atoms with Gasteiger partial charge in [-0.25, -0.2) is 9.78 Å². The quantitative estimate of drug-likeness (QED) is 0.753. The summed E-state index contributed by atoms with van der Waals surface area (Å²) < 4.78 is 0. The van der Waals surface area contributed by atoms with Gasteiger partial charge in [0.1, 0.15) is 5.82 Å². The molecule has 0 aromatic carbocycles. The zero-order valence-electron chi connectivity index (χ0n) is 9.36. The monoisotopic (exact) mass is 225 g/mol. The lowest BCUT2D eigenvalue weighted by Crippen LogP contribution is -2.26. The highest BCUT2D eigenvalue weighted by atomic mass is 16.4. The summed E-state index contributed by atoms with van der Waals surface area (Å²) in [6.45, 7) is 6.06. The zero-order valence-corrected chi connectivity index (χ0v) is 9.36. The Balaban J connectivity index is 2.96. The van der Waals surface area contributed by atoms with Gasteiger partial charge < -0.3 is 10.1 Å². The maximum Gasteiger partial charge on any atom is 0.354 e. The van der Waals surface area contributed by atoms with Crippen LogP contribution in [0.3, 0.4) is 0 Å². The van der Waals surface area contributed by atoms with Gasteiger partial charge in [0.15, 0.2) is 5.69 Å². The Kier molecular flexibility index (Phi) is 4.19. The molecule has 0 aliphatic carbocycles. The van der Waals surface area contributed by atoms with E-state index in [1.54, 1.807) is 0 Å². The SMILES string of the molecule is CCN(CC)Cc1nc(C(=O)O)cc(=O)[nH]1. The average Bonchev–Trinajstić information content (AvgIpc) is 2.25. The Morgan fingerprint density at radius 3 is 2.62 bits per heavy atom. The molecule has 88 valence electrons. The molecule has 0 unspecified atom stereocenters. The molecule has 1 heterocycles. The lowest BCUT2D eigenvalue weighted by atomic mass is 10.4. The van der Waals surface area contributed by atoms with Gasteiger partial charge in [-0.05, 0) is 13.1 Å². The first-order chi connectivity index (χ1) is 7.56. The Labute approximate surface area is 92.9 Å². The standard InChI is InChI=1S/C10H15N3O3/c1-3-13(4-2)6-8-11-7(10(15)16)5-9(14)12-8/h5H,3-4,6H2,1-2H3,(H,15,16)(H,11,12,14). The highest BCUT2D eigenvalue weighted by Crippen LogP contribution is 1.98.